The summed E-state index contributed by atoms with van der Waals surface area (Å²) in [6.07, 6.45) is 2.10. The molecule has 1 atom stereocenters. The van der Waals surface area contributed by atoms with Crippen LogP contribution in [0.4, 0.5) is 0 Å². The fraction of sp³-hybridized carbons (Fsp3) is 0.562. The molecule has 2 rings (SSSR count). The zero-order valence-corrected chi connectivity index (χ0v) is 12.0. The zero-order chi connectivity index (χ0) is 14.2. The van der Waals surface area contributed by atoms with Gasteiger partial charge in [0.1, 0.15) is 5.78 Å². The maximum absolute atomic E-state index is 12.0. The van der Waals surface area contributed by atoms with Gasteiger partial charge in [-0.15, -0.1) is 0 Å². The van der Waals surface area contributed by atoms with Crippen molar-refractivity contribution in [3.63, 3.8) is 0 Å². The lowest BCUT2D eigenvalue weighted by Gasteiger charge is -2.26. The highest BCUT2D eigenvalue weighted by Gasteiger charge is 2.15. The Bertz CT molecular complexity index is 402. The largest absolute Gasteiger partial charge is 0.379 e. The topological polar surface area (TPSA) is 55.6 Å². The number of carbonyl (C=O) groups excluding carboxylic acids is 1. The molecule has 0 amide bonds. The van der Waals surface area contributed by atoms with Gasteiger partial charge >= 0.3 is 0 Å². The van der Waals surface area contributed by atoms with Gasteiger partial charge in [-0.2, -0.15) is 0 Å². The zero-order valence-electron chi connectivity index (χ0n) is 12.0. The van der Waals surface area contributed by atoms with Gasteiger partial charge in [-0.3, -0.25) is 9.69 Å². The van der Waals surface area contributed by atoms with Gasteiger partial charge in [-0.1, -0.05) is 30.3 Å². The van der Waals surface area contributed by atoms with E-state index in [1.165, 1.54) is 0 Å². The molecular weight excluding hydrogens is 252 g/mol. The smallest absolute Gasteiger partial charge is 0.149 e. The van der Waals surface area contributed by atoms with E-state index in [0.717, 1.165) is 44.8 Å². The predicted octanol–water partition coefficient (Wildman–Crippen LogP) is 1.24. The van der Waals surface area contributed by atoms with Gasteiger partial charge in [-0.25, -0.2) is 0 Å². The molecule has 2 N–H and O–H groups in total. The summed E-state index contributed by atoms with van der Waals surface area (Å²) < 4.78 is 5.30. The minimum absolute atomic E-state index is 0.169. The van der Waals surface area contributed by atoms with Crippen LogP contribution in [0.1, 0.15) is 18.4 Å². The number of benzene rings is 1. The number of nitrogens with two attached hydrogens (primary N) is 1. The molecule has 0 saturated carbocycles. The first-order valence-corrected chi connectivity index (χ1v) is 7.38. The number of morpholine rings is 1. The molecule has 1 aromatic carbocycles. The summed E-state index contributed by atoms with van der Waals surface area (Å²) in [5.41, 5.74) is 7.11. The first-order valence-electron chi connectivity index (χ1n) is 7.38. The molecule has 1 aromatic rings. The molecular formula is C16H24N2O2. The lowest BCUT2D eigenvalue weighted by Crippen LogP contribution is -2.38. The van der Waals surface area contributed by atoms with Crippen molar-refractivity contribution in [3.8, 4) is 0 Å². The van der Waals surface area contributed by atoms with Crippen LogP contribution in [0.15, 0.2) is 30.3 Å². The van der Waals surface area contributed by atoms with Crippen LogP contribution in [0.2, 0.25) is 0 Å². The maximum atomic E-state index is 12.0. The van der Waals surface area contributed by atoms with E-state index in [1.54, 1.807) is 0 Å². The lowest BCUT2D eigenvalue weighted by atomic mass is 10.0. The summed E-state index contributed by atoms with van der Waals surface area (Å²) in [7, 11) is 0. The van der Waals surface area contributed by atoms with E-state index in [1.807, 2.05) is 30.3 Å². The number of Topliss-reactive ketones (excluding diaryl/α,β-unsaturated/α-hetero) is 1. The van der Waals surface area contributed by atoms with Crippen LogP contribution in [-0.4, -0.2) is 49.6 Å². The molecule has 4 nitrogen and oxygen atoms in total. The van der Waals surface area contributed by atoms with Crippen LogP contribution < -0.4 is 5.73 Å². The van der Waals surface area contributed by atoms with Crippen molar-refractivity contribution >= 4 is 5.78 Å². The molecule has 110 valence electrons. The third-order valence-corrected chi connectivity index (χ3v) is 3.71. The number of nitrogens with zero attached hydrogens (tertiary/aromatic N) is 1. The van der Waals surface area contributed by atoms with Crippen molar-refractivity contribution in [2.45, 2.75) is 25.3 Å². The SMILES string of the molecule is NC(Cc1ccccc1)C(=O)CCCN1CCOCC1. The molecule has 0 radical (unpaired) electrons. The average Bonchev–Trinajstić information content (AvgIpc) is 2.49. The van der Waals surface area contributed by atoms with E-state index in [4.69, 9.17) is 10.5 Å². The van der Waals surface area contributed by atoms with Gasteiger partial charge in [0, 0.05) is 19.5 Å². The summed E-state index contributed by atoms with van der Waals surface area (Å²) in [4.78, 5) is 14.4. The van der Waals surface area contributed by atoms with E-state index in [-0.39, 0.29) is 11.8 Å². The van der Waals surface area contributed by atoms with Crippen molar-refractivity contribution in [2.75, 3.05) is 32.8 Å². The van der Waals surface area contributed by atoms with E-state index >= 15 is 0 Å². The fourth-order valence-electron chi connectivity index (χ4n) is 2.47. The number of rotatable bonds is 7. The standard InChI is InChI=1S/C16H24N2O2/c17-15(13-14-5-2-1-3-6-14)16(19)7-4-8-18-9-11-20-12-10-18/h1-3,5-6,15H,4,7-13,17H2. The van der Waals surface area contributed by atoms with E-state index in [0.29, 0.717) is 12.8 Å². The van der Waals surface area contributed by atoms with Crippen molar-refractivity contribution in [1.82, 2.24) is 4.90 Å². The highest BCUT2D eigenvalue weighted by Crippen LogP contribution is 2.06. The van der Waals surface area contributed by atoms with Crippen LogP contribution in [0.5, 0.6) is 0 Å². The monoisotopic (exact) mass is 276 g/mol. The third-order valence-electron chi connectivity index (χ3n) is 3.71. The van der Waals surface area contributed by atoms with Crippen molar-refractivity contribution in [1.29, 1.82) is 0 Å². The minimum atomic E-state index is -0.373. The molecule has 4 heteroatoms. The number of hydrogen-bond acceptors (Lipinski definition) is 4. The third kappa shape index (κ3) is 5.04. The summed E-state index contributed by atoms with van der Waals surface area (Å²) in [6.45, 7) is 4.53. The molecule has 1 heterocycles. The molecule has 0 aliphatic carbocycles. The summed E-state index contributed by atoms with van der Waals surface area (Å²) >= 11 is 0. The Morgan fingerprint density at radius 1 is 1.25 bits per heavy atom. The van der Waals surface area contributed by atoms with Crippen molar-refractivity contribution in [2.24, 2.45) is 5.73 Å². The molecule has 0 spiro atoms. The van der Waals surface area contributed by atoms with Crippen LogP contribution in [0, 0.1) is 0 Å². The van der Waals surface area contributed by atoms with Crippen molar-refractivity contribution in [3.05, 3.63) is 35.9 Å². The average molecular weight is 276 g/mol. The fourth-order valence-corrected chi connectivity index (χ4v) is 2.47. The molecule has 1 aliphatic heterocycles. The number of carbonyl (C=O) groups is 1. The van der Waals surface area contributed by atoms with E-state index < -0.39 is 0 Å². The molecule has 20 heavy (non-hydrogen) atoms. The van der Waals surface area contributed by atoms with Gasteiger partial charge in [0.2, 0.25) is 0 Å². The Morgan fingerprint density at radius 3 is 2.65 bits per heavy atom. The van der Waals surface area contributed by atoms with Gasteiger partial charge in [-0.05, 0) is 24.9 Å². The molecule has 0 bridgehead atoms. The predicted molar refractivity (Wildman–Crippen MR) is 79.6 cm³/mol. The van der Waals surface area contributed by atoms with Crippen LogP contribution >= 0.6 is 0 Å². The minimum Gasteiger partial charge on any atom is -0.379 e. The van der Waals surface area contributed by atoms with Crippen molar-refractivity contribution < 1.29 is 9.53 Å². The van der Waals surface area contributed by atoms with Crippen LogP contribution in [0.25, 0.3) is 0 Å². The number of hydrogen-bond donors (Lipinski definition) is 1. The first kappa shape index (κ1) is 15.2. The summed E-state index contributed by atoms with van der Waals surface area (Å²) in [5, 5.41) is 0. The highest BCUT2D eigenvalue weighted by atomic mass is 16.5. The van der Waals surface area contributed by atoms with Crippen LogP contribution in [0.3, 0.4) is 0 Å². The summed E-state index contributed by atoms with van der Waals surface area (Å²) in [5.74, 6) is 0.169. The maximum Gasteiger partial charge on any atom is 0.149 e. The molecule has 1 unspecified atom stereocenters. The van der Waals surface area contributed by atoms with Gasteiger partial charge in [0.25, 0.3) is 0 Å². The Morgan fingerprint density at radius 2 is 1.95 bits per heavy atom. The molecule has 1 fully saturated rings. The first-order chi connectivity index (χ1) is 9.75. The van der Waals surface area contributed by atoms with Gasteiger partial charge < -0.3 is 10.5 Å². The molecule has 0 aromatic heterocycles. The Labute approximate surface area is 120 Å². The second-order valence-corrected chi connectivity index (χ2v) is 5.32. The Balaban J connectivity index is 1.66. The Hall–Kier alpha value is -1.23. The second kappa shape index (κ2) is 8.15. The van der Waals surface area contributed by atoms with Gasteiger partial charge in [0.05, 0.1) is 19.3 Å². The second-order valence-electron chi connectivity index (χ2n) is 5.32. The molecule has 1 saturated heterocycles. The highest BCUT2D eigenvalue weighted by molar-refractivity contribution is 5.84. The van der Waals surface area contributed by atoms with Crippen LogP contribution in [-0.2, 0) is 16.0 Å². The van der Waals surface area contributed by atoms with Gasteiger partial charge in [0.15, 0.2) is 0 Å². The quantitative estimate of drug-likeness (QED) is 0.814. The van der Waals surface area contributed by atoms with E-state index in [9.17, 15) is 4.79 Å². The summed E-state index contributed by atoms with van der Waals surface area (Å²) in [6, 6.07) is 9.58. The number of ketones is 1. The normalized spacial score (nSPS) is 17.9. The number of ether oxygens (including phenoxy) is 1. The molecule has 1 aliphatic rings. The Kier molecular flexibility index (Phi) is 6.18. The van der Waals surface area contributed by atoms with E-state index in [2.05, 4.69) is 4.90 Å². The lowest BCUT2D eigenvalue weighted by molar-refractivity contribution is -0.120.